The molecule has 8 heteroatoms. The Morgan fingerprint density at radius 3 is 2.09 bits per heavy atom. The van der Waals surface area contributed by atoms with Crippen molar-refractivity contribution in [2.45, 2.75) is 30.1 Å². The highest BCUT2D eigenvalue weighted by Crippen LogP contribution is 2.39. The fraction of sp³-hybridized carbons (Fsp3) is 0.167. The van der Waals surface area contributed by atoms with Gasteiger partial charge in [-0.25, -0.2) is 4.79 Å². The number of aromatic nitrogens is 4. The van der Waals surface area contributed by atoms with E-state index in [9.17, 15) is 4.79 Å². The second kappa shape index (κ2) is 10.6. The van der Waals surface area contributed by atoms with Crippen molar-refractivity contribution in [1.82, 2.24) is 25.5 Å². The highest BCUT2D eigenvalue weighted by Gasteiger charge is 2.22. The lowest BCUT2D eigenvalue weighted by atomic mass is 10.0. The van der Waals surface area contributed by atoms with Crippen LogP contribution in [-0.4, -0.2) is 26.3 Å². The van der Waals surface area contributed by atoms with E-state index in [1.165, 1.54) is 11.8 Å². The van der Waals surface area contributed by atoms with Gasteiger partial charge in [-0.2, -0.15) is 4.68 Å². The number of thioether (sulfide) groups is 1. The molecule has 1 atom stereocenters. The Balaban J connectivity index is 1.46. The first-order valence-electron chi connectivity index (χ1n) is 10.2. The van der Waals surface area contributed by atoms with Crippen LogP contribution in [0.25, 0.3) is 0 Å². The Labute approximate surface area is 190 Å². The standard InChI is InChI=1S/C24H23N5O2S/c1-18(25-24(30)31-17-19-11-5-2-6-12-19)29-23(26-27-28-29)32-22(20-13-7-3-8-14-20)21-15-9-4-10-16-21/h2-16,18,22H,17H2,1H3,(H,25,30). The molecule has 0 saturated heterocycles. The van der Waals surface area contributed by atoms with Gasteiger partial charge in [0.25, 0.3) is 0 Å². The zero-order valence-electron chi connectivity index (χ0n) is 17.5. The van der Waals surface area contributed by atoms with Gasteiger partial charge in [0.1, 0.15) is 12.8 Å². The molecule has 162 valence electrons. The van der Waals surface area contributed by atoms with E-state index in [1.54, 1.807) is 4.68 Å². The van der Waals surface area contributed by atoms with Crippen molar-refractivity contribution in [2.75, 3.05) is 0 Å². The van der Waals surface area contributed by atoms with Crippen molar-refractivity contribution in [3.8, 4) is 0 Å². The minimum Gasteiger partial charge on any atom is -0.445 e. The molecule has 1 unspecified atom stereocenters. The Bertz CT molecular complexity index is 1080. The number of nitrogens with one attached hydrogen (secondary N) is 1. The fourth-order valence-corrected chi connectivity index (χ4v) is 4.38. The minimum absolute atomic E-state index is 0.000572. The van der Waals surface area contributed by atoms with E-state index in [4.69, 9.17) is 4.74 Å². The summed E-state index contributed by atoms with van der Waals surface area (Å²) in [5.74, 6) is 0. The van der Waals surface area contributed by atoms with Crippen LogP contribution in [0.3, 0.4) is 0 Å². The maximum Gasteiger partial charge on any atom is 0.409 e. The first kappa shape index (κ1) is 21.6. The van der Waals surface area contributed by atoms with Crippen LogP contribution in [-0.2, 0) is 11.3 Å². The minimum atomic E-state index is -0.532. The molecular weight excluding hydrogens is 422 g/mol. The maximum absolute atomic E-state index is 12.3. The first-order chi connectivity index (χ1) is 15.7. The zero-order chi connectivity index (χ0) is 22.2. The topological polar surface area (TPSA) is 81.9 Å². The third-order valence-electron chi connectivity index (χ3n) is 4.80. The van der Waals surface area contributed by atoms with Gasteiger partial charge >= 0.3 is 6.09 Å². The van der Waals surface area contributed by atoms with Crippen LogP contribution >= 0.6 is 11.8 Å². The highest BCUT2D eigenvalue weighted by atomic mass is 32.2. The van der Waals surface area contributed by atoms with Gasteiger partial charge in [-0.3, -0.25) is 5.32 Å². The van der Waals surface area contributed by atoms with Gasteiger partial charge in [0, 0.05) is 0 Å². The average molecular weight is 446 g/mol. The normalized spacial score (nSPS) is 11.8. The highest BCUT2D eigenvalue weighted by molar-refractivity contribution is 7.99. The van der Waals surface area contributed by atoms with Crippen molar-refractivity contribution in [3.63, 3.8) is 0 Å². The molecule has 3 aromatic carbocycles. The summed E-state index contributed by atoms with van der Waals surface area (Å²) in [4.78, 5) is 12.3. The Morgan fingerprint density at radius 1 is 0.938 bits per heavy atom. The summed E-state index contributed by atoms with van der Waals surface area (Å²) in [7, 11) is 0. The molecule has 7 nitrogen and oxygen atoms in total. The first-order valence-corrected chi connectivity index (χ1v) is 11.1. The van der Waals surface area contributed by atoms with Crippen LogP contribution in [0.2, 0.25) is 0 Å². The molecule has 0 spiro atoms. The van der Waals surface area contributed by atoms with Gasteiger partial charge in [-0.05, 0) is 34.0 Å². The molecule has 0 saturated carbocycles. The third kappa shape index (κ3) is 5.53. The van der Waals surface area contributed by atoms with Crippen molar-refractivity contribution in [3.05, 3.63) is 108 Å². The largest absolute Gasteiger partial charge is 0.445 e. The van der Waals surface area contributed by atoms with Crippen LogP contribution in [0.5, 0.6) is 0 Å². The predicted molar refractivity (Wildman–Crippen MR) is 123 cm³/mol. The molecular formula is C24H23N5O2S. The number of benzene rings is 3. The summed E-state index contributed by atoms with van der Waals surface area (Å²) >= 11 is 1.53. The average Bonchev–Trinajstić information content (AvgIpc) is 3.31. The maximum atomic E-state index is 12.3. The monoisotopic (exact) mass is 445 g/mol. The van der Waals surface area contributed by atoms with E-state index in [2.05, 4.69) is 45.1 Å². The molecule has 0 aliphatic rings. The second-order valence-electron chi connectivity index (χ2n) is 7.11. The van der Waals surface area contributed by atoms with Crippen molar-refractivity contribution >= 4 is 17.9 Å². The fourth-order valence-electron chi connectivity index (χ4n) is 3.19. The predicted octanol–water partition coefficient (Wildman–Crippen LogP) is 5.00. The lowest BCUT2D eigenvalue weighted by Crippen LogP contribution is -2.32. The van der Waals surface area contributed by atoms with Crippen molar-refractivity contribution < 1.29 is 9.53 Å². The van der Waals surface area contributed by atoms with Crippen molar-refractivity contribution in [2.24, 2.45) is 0 Å². The van der Waals surface area contributed by atoms with Gasteiger partial charge < -0.3 is 4.74 Å². The smallest absolute Gasteiger partial charge is 0.409 e. The van der Waals surface area contributed by atoms with Crippen LogP contribution in [0.15, 0.2) is 96.2 Å². The van der Waals surface area contributed by atoms with Crippen LogP contribution in [0, 0.1) is 0 Å². The van der Waals surface area contributed by atoms with Crippen molar-refractivity contribution in [1.29, 1.82) is 0 Å². The summed E-state index contributed by atoms with van der Waals surface area (Å²) < 4.78 is 6.91. The number of nitrogens with zero attached hydrogens (tertiary/aromatic N) is 4. The van der Waals surface area contributed by atoms with Gasteiger partial charge in [-0.15, -0.1) is 5.10 Å². The van der Waals surface area contributed by atoms with Gasteiger partial charge in [0.15, 0.2) is 0 Å². The Hall–Kier alpha value is -3.65. The quantitative estimate of drug-likeness (QED) is 0.384. The van der Waals surface area contributed by atoms with Gasteiger partial charge in [0.2, 0.25) is 5.16 Å². The summed E-state index contributed by atoms with van der Waals surface area (Å²) in [6.45, 7) is 2.00. The summed E-state index contributed by atoms with van der Waals surface area (Å²) in [5.41, 5.74) is 3.20. The molecule has 32 heavy (non-hydrogen) atoms. The molecule has 0 bridgehead atoms. The van der Waals surface area contributed by atoms with E-state index < -0.39 is 12.3 Å². The lowest BCUT2D eigenvalue weighted by Gasteiger charge is -2.19. The number of tetrazole rings is 1. The number of hydrogen-bond acceptors (Lipinski definition) is 6. The van der Waals surface area contributed by atoms with Gasteiger partial charge in [-0.1, -0.05) is 103 Å². The van der Waals surface area contributed by atoms with E-state index in [1.807, 2.05) is 73.7 Å². The van der Waals surface area contributed by atoms with Crippen LogP contribution in [0.1, 0.15) is 35.0 Å². The number of hydrogen-bond donors (Lipinski definition) is 1. The summed E-state index contributed by atoms with van der Waals surface area (Å²) in [6.07, 6.45) is -1.02. The molecule has 1 aromatic heterocycles. The third-order valence-corrected chi connectivity index (χ3v) is 6.06. The molecule has 0 aliphatic heterocycles. The number of carbonyl (C=O) groups is 1. The number of carbonyl (C=O) groups excluding carboxylic acids is 1. The number of ether oxygens (including phenoxy) is 1. The number of rotatable bonds is 8. The van der Waals surface area contributed by atoms with E-state index >= 15 is 0 Å². The molecule has 1 N–H and O–H groups in total. The van der Waals surface area contributed by atoms with Crippen LogP contribution in [0.4, 0.5) is 4.79 Å². The molecule has 1 amide bonds. The summed E-state index contributed by atoms with van der Waals surface area (Å²) in [5, 5.41) is 15.5. The SMILES string of the molecule is CC(NC(=O)OCc1ccccc1)n1nnnc1SC(c1ccccc1)c1ccccc1. The Morgan fingerprint density at radius 2 is 1.50 bits per heavy atom. The van der Waals surface area contributed by atoms with Gasteiger partial charge in [0.05, 0.1) is 5.25 Å². The summed E-state index contributed by atoms with van der Waals surface area (Å²) in [6, 6.07) is 29.9. The number of alkyl carbamates (subject to hydrolysis) is 1. The lowest BCUT2D eigenvalue weighted by molar-refractivity contribution is 0.130. The van der Waals surface area contributed by atoms with E-state index in [0.29, 0.717) is 5.16 Å². The molecule has 4 aromatic rings. The molecule has 1 heterocycles. The molecule has 0 aliphatic carbocycles. The molecule has 0 fully saturated rings. The Kier molecular flexibility index (Phi) is 7.14. The molecule has 0 radical (unpaired) electrons. The number of amides is 1. The second-order valence-corrected chi connectivity index (χ2v) is 8.18. The van der Waals surface area contributed by atoms with E-state index in [0.717, 1.165) is 16.7 Å². The molecule has 4 rings (SSSR count). The van der Waals surface area contributed by atoms with E-state index in [-0.39, 0.29) is 11.9 Å². The zero-order valence-corrected chi connectivity index (χ0v) is 18.4. The van der Waals surface area contributed by atoms with Crippen LogP contribution < -0.4 is 5.32 Å².